The van der Waals surface area contributed by atoms with Gasteiger partial charge in [-0.3, -0.25) is 9.89 Å². The maximum Gasteiger partial charge on any atom is 0.191 e. The van der Waals surface area contributed by atoms with E-state index >= 15 is 0 Å². The molecule has 0 bridgehead atoms. The van der Waals surface area contributed by atoms with Crippen molar-refractivity contribution in [2.24, 2.45) is 4.99 Å². The Balaban J connectivity index is 0.00000300. The van der Waals surface area contributed by atoms with Gasteiger partial charge in [-0.15, -0.1) is 24.0 Å². The van der Waals surface area contributed by atoms with E-state index in [-0.39, 0.29) is 24.0 Å². The molecule has 0 amide bonds. The zero-order valence-electron chi connectivity index (χ0n) is 18.3. The molecular formula is C23H40IN5. The van der Waals surface area contributed by atoms with Crippen LogP contribution in [0.15, 0.2) is 29.3 Å². The first kappa shape index (κ1) is 24.4. The molecule has 2 aliphatic rings. The quantitative estimate of drug-likeness (QED) is 0.240. The van der Waals surface area contributed by atoms with Crippen LogP contribution in [0, 0.1) is 0 Å². The topological polar surface area (TPSA) is 42.9 Å². The SMILES string of the molecule is CN=C(NCCCN1CCCCC1C)NCc1ccc(CN2CCCC2)cc1.I. The summed E-state index contributed by atoms with van der Waals surface area (Å²) >= 11 is 0. The minimum absolute atomic E-state index is 0. The molecule has 1 aromatic rings. The van der Waals surface area contributed by atoms with E-state index in [9.17, 15) is 0 Å². The highest BCUT2D eigenvalue weighted by Crippen LogP contribution is 2.16. The van der Waals surface area contributed by atoms with Crippen molar-refractivity contribution in [1.29, 1.82) is 0 Å². The molecule has 1 atom stereocenters. The average molecular weight is 514 g/mol. The summed E-state index contributed by atoms with van der Waals surface area (Å²) in [6, 6.07) is 9.77. The number of rotatable bonds is 8. The first-order chi connectivity index (χ1) is 13.7. The number of hydrogen-bond donors (Lipinski definition) is 2. The van der Waals surface area contributed by atoms with Gasteiger partial charge in [-0.05, 0) is 69.8 Å². The lowest BCUT2D eigenvalue weighted by Crippen LogP contribution is -2.41. The molecule has 2 fully saturated rings. The van der Waals surface area contributed by atoms with E-state index in [1.165, 1.54) is 69.4 Å². The van der Waals surface area contributed by atoms with Crippen molar-refractivity contribution in [3.8, 4) is 0 Å². The molecule has 2 N–H and O–H groups in total. The molecule has 1 aromatic carbocycles. The molecule has 0 radical (unpaired) electrons. The van der Waals surface area contributed by atoms with Crippen LogP contribution in [0.2, 0.25) is 0 Å². The number of hydrogen-bond acceptors (Lipinski definition) is 3. The van der Waals surface area contributed by atoms with Crippen molar-refractivity contribution < 1.29 is 0 Å². The first-order valence-corrected chi connectivity index (χ1v) is 11.2. The zero-order valence-corrected chi connectivity index (χ0v) is 20.7. The fourth-order valence-electron chi connectivity index (χ4n) is 4.35. The molecule has 2 saturated heterocycles. The van der Waals surface area contributed by atoms with E-state index in [1.54, 1.807) is 0 Å². The Morgan fingerprint density at radius 3 is 2.38 bits per heavy atom. The Bertz CT molecular complexity index is 598. The van der Waals surface area contributed by atoms with Crippen LogP contribution in [0.5, 0.6) is 0 Å². The second kappa shape index (κ2) is 13.4. The van der Waals surface area contributed by atoms with Crippen LogP contribution in [0.1, 0.15) is 56.6 Å². The summed E-state index contributed by atoms with van der Waals surface area (Å²) in [7, 11) is 1.85. The van der Waals surface area contributed by atoms with Gasteiger partial charge in [-0.25, -0.2) is 0 Å². The lowest BCUT2D eigenvalue weighted by molar-refractivity contribution is 0.159. The van der Waals surface area contributed by atoms with Gasteiger partial charge in [0.2, 0.25) is 0 Å². The van der Waals surface area contributed by atoms with E-state index in [0.717, 1.165) is 38.1 Å². The Morgan fingerprint density at radius 1 is 1.00 bits per heavy atom. The van der Waals surface area contributed by atoms with Gasteiger partial charge in [0.15, 0.2) is 5.96 Å². The van der Waals surface area contributed by atoms with E-state index in [0.29, 0.717) is 0 Å². The highest BCUT2D eigenvalue weighted by molar-refractivity contribution is 14.0. The van der Waals surface area contributed by atoms with Crippen molar-refractivity contribution >= 4 is 29.9 Å². The van der Waals surface area contributed by atoms with Crippen molar-refractivity contribution in [2.75, 3.05) is 39.8 Å². The fourth-order valence-corrected chi connectivity index (χ4v) is 4.35. The lowest BCUT2D eigenvalue weighted by Gasteiger charge is -2.33. The summed E-state index contributed by atoms with van der Waals surface area (Å²) < 4.78 is 0. The molecular weight excluding hydrogens is 473 g/mol. The second-order valence-corrected chi connectivity index (χ2v) is 8.39. The zero-order chi connectivity index (χ0) is 19.6. The summed E-state index contributed by atoms with van der Waals surface area (Å²) in [6.07, 6.45) is 7.98. The minimum atomic E-state index is 0. The second-order valence-electron chi connectivity index (χ2n) is 8.39. The van der Waals surface area contributed by atoms with Gasteiger partial charge >= 0.3 is 0 Å². The number of nitrogens with one attached hydrogen (secondary N) is 2. The summed E-state index contributed by atoms with van der Waals surface area (Å²) in [4.78, 5) is 9.54. The van der Waals surface area contributed by atoms with Gasteiger partial charge in [-0.1, -0.05) is 30.7 Å². The number of benzene rings is 1. The number of piperidine rings is 1. The minimum Gasteiger partial charge on any atom is -0.356 e. The summed E-state index contributed by atoms with van der Waals surface area (Å²) in [5.74, 6) is 0.896. The molecule has 164 valence electrons. The number of likely N-dealkylation sites (tertiary alicyclic amines) is 2. The van der Waals surface area contributed by atoms with Gasteiger partial charge in [0.1, 0.15) is 0 Å². The van der Waals surface area contributed by atoms with Crippen LogP contribution in [-0.2, 0) is 13.1 Å². The van der Waals surface area contributed by atoms with Crippen LogP contribution in [0.4, 0.5) is 0 Å². The summed E-state index contributed by atoms with van der Waals surface area (Å²) in [6.45, 7) is 10.2. The summed E-state index contributed by atoms with van der Waals surface area (Å²) in [5.41, 5.74) is 2.72. The molecule has 2 heterocycles. The molecule has 0 aliphatic carbocycles. The Morgan fingerprint density at radius 2 is 1.69 bits per heavy atom. The van der Waals surface area contributed by atoms with E-state index < -0.39 is 0 Å². The average Bonchev–Trinajstić information content (AvgIpc) is 3.23. The normalized spacial score (nSPS) is 21.0. The molecule has 0 aromatic heterocycles. The van der Waals surface area contributed by atoms with Crippen LogP contribution in [0.25, 0.3) is 0 Å². The predicted octanol–water partition coefficient (Wildman–Crippen LogP) is 3.83. The van der Waals surface area contributed by atoms with Crippen molar-refractivity contribution in [3.05, 3.63) is 35.4 Å². The smallest absolute Gasteiger partial charge is 0.191 e. The molecule has 5 nitrogen and oxygen atoms in total. The third-order valence-electron chi connectivity index (χ3n) is 6.17. The molecule has 29 heavy (non-hydrogen) atoms. The Kier molecular flexibility index (Phi) is 11.3. The molecule has 6 heteroatoms. The molecule has 3 rings (SSSR count). The number of halogens is 1. The Labute approximate surface area is 194 Å². The van der Waals surface area contributed by atoms with Crippen molar-refractivity contribution in [2.45, 2.75) is 64.6 Å². The fraction of sp³-hybridized carbons (Fsp3) is 0.696. The highest BCUT2D eigenvalue weighted by atomic mass is 127. The maximum atomic E-state index is 4.36. The molecule has 1 unspecified atom stereocenters. The first-order valence-electron chi connectivity index (χ1n) is 11.2. The van der Waals surface area contributed by atoms with E-state index in [1.807, 2.05) is 7.05 Å². The van der Waals surface area contributed by atoms with Gasteiger partial charge in [0, 0.05) is 39.3 Å². The van der Waals surface area contributed by atoms with Gasteiger partial charge in [0.25, 0.3) is 0 Å². The predicted molar refractivity (Wildman–Crippen MR) is 134 cm³/mol. The van der Waals surface area contributed by atoms with Crippen molar-refractivity contribution in [1.82, 2.24) is 20.4 Å². The van der Waals surface area contributed by atoms with Gasteiger partial charge in [0.05, 0.1) is 0 Å². The highest BCUT2D eigenvalue weighted by Gasteiger charge is 2.17. The van der Waals surface area contributed by atoms with Crippen LogP contribution in [0.3, 0.4) is 0 Å². The molecule has 0 saturated carbocycles. The monoisotopic (exact) mass is 513 g/mol. The van der Waals surface area contributed by atoms with E-state index in [2.05, 4.69) is 56.6 Å². The third-order valence-corrected chi connectivity index (χ3v) is 6.17. The lowest BCUT2D eigenvalue weighted by atomic mass is 10.0. The number of aliphatic imine (C=N–C) groups is 1. The van der Waals surface area contributed by atoms with Gasteiger partial charge < -0.3 is 15.5 Å². The molecule has 2 aliphatic heterocycles. The third kappa shape index (κ3) is 8.42. The van der Waals surface area contributed by atoms with Crippen LogP contribution in [-0.4, -0.2) is 61.6 Å². The maximum absolute atomic E-state index is 4.36. The van der Waals surface area contributed by atoms with Gasteiger partial charge in [-0.2, -0.15) is 0 Å². The van der Waals surface area contributed by atoms with E-state index in [4.69, 9.17) is 0 Å². The van der Waals surface area contributed by atoms with Crippen molar-refractivity contribution in [3.63, 3.8) is 0 Å². The number of guanidine groups is 1. The molecule has 0 spiro atoms. The largest absolute Gasteiger partial charge is 0.356 e. The van der Waals surface area contributed by atoms with Crippen LogP contribution < -0.4 is 10.6 Å². The number of nitrogens with zero attached hydrogens (tertiary/aromatic N) is 3. The standard InChI is InChI=1S/C23H39N5.HI/c1-20-8-3-4-16-28(20)17-7-13-25-23(24-2)26-18-21-9-11-22(12-10-21)19-27-14-5-6-15-27;/h9-12,20H,3-8,13-19H2,1-2H3,(H2,24,25,26);1H. The Hall–Kier alpha value is -0.860. The van der Waals surface area contributed by atoms with Crippen LogP contribution >= 0.6 is 24.0 Å². The summed E-state index contributed by atoms with van der Waals surface area (Å²) in [5, 5.41) is 6.90.